The quantitative estimate of drug-likeness (QED) is 0.283. The highest BCUT2D eigenvalue weighted by Gasteiger charge is 2.20. The van der Waals surface area contributed by atoms with Gasteiger partial charge in [-0.3, -0.25) is 0 Å². The molecular formula is C25H45NO2. The van der Waals surface area contributed by atoms with Gasteiger partial charge in [-0.1, -0.05) is 88.6 Å². The molecule has 0 amide bonds. The molecule has 0 spiro atoms. The van der Waals surface area contributed by atoms with Gasteiger partial charge in [0.1, 0.15) is 6.54 Å². The summed E-state index contributed by atoms with van der Waals surface area (Å²) < 4.78 is 1.20. The lowest BCUT2D eigenvalue weighted by atomic mass is 10.1. The summed E-state index contributed by atoms with van der Waals surface area (Å²) in [7, 11) is 0. The smallest absolute Gasteiger partial charge is 0.104 e. The van der Waals surface area contributed by atoms with Gasteiger partial charge in [0, 0.05) is 11.5 Å². The van der Waals surface area contributed by atoms with Crippen LogP contribution in [0.25, 0.3) is 0 Å². The molecule has 3 heteroatoms. The minimum absolute atomic E-state index is 0.232. The van der Waals surface area contributed by atoms with Gasteiger partial charge in [-0.25, -0.2) is 0 Å². The SMILES string of the molecule is CCCCCCCCCCCC(=O)[O-].CC[N+](CC)(CC)Cc1ccccc1. The van der Waals surface area contributed by atoms with Gasteiger partial charge in [-0.15, -0.1) is 0 Å². The van der Waals surface area contributed by atoms with Crippen LogP contribution in [-0.4, -0.2) is 30.1 Å². The molecule has 0 N–H and O–H groups in total. The maximum Gasteiger partial charge on any atom is 0.104 e. The van der Waals surface area contributed by atoms with E-state index in [1.54, 1.807) is 0 Å². The highest BCUT2D eigenvalue weighted by atomic mass is 16.4. The number of hydrogen-bond donors (Lipinski definition) is 0. The molecule has 0 aliphatic rings. The number of carboxylic acids is 1. The third-order valence-corrected chi connectivity index (χ3v) is 5.86. The van der Waals surface area contributed by atoms with Crippen LogP contribution in [0.3, 0.4) is 0 Å². The molecule has 1 aromatic carbocycles. The van der Waals surface area contributed by atoms with Gasteiger partial charge in [0.2, 0.25) is 0 Å². The number of carboxylic acid groups (broad SMARTS) is 1. The standard InChI is InChI=1S/C13H22N.C12H24O2/c1-4-14(5-2,6-3)12-13-10-8-7-9-11-13;1-2-3-4-5-6-7-8-9-10-11-12(13)14/h7-11H,4-6,12H2,1-3H3;2-11H2,1H3,(H,13,14)/q+1;/p-1. The third kappa shape index (κ3) is 13.8. The summed E-state index contributed by atoms with van der Waals surface area (Å²) in [6, 6.07) is 10.8. The molecule has 3 nitrogen and oxygen atoms in total. The highest BCUT2D eigenvalue weighted by Crippen LogP contribution is 2.13. The van der Waals surface area contributed by atoms with Crippen molar-refractivity contribution in [3.63, 3.8) is 0 Å². The number of aliphatic carboxylic acids is 1. The second-order valence-corrected chi connectivity index (χ2v) is 7.88. The summed E-state index contributed by atoms with van der Waals surface area (Å²) in [5.41, 5.74) is 1.46. The van der Waals surface area contributed by atoms with Crippen molar-refractivity contribution < 1.29 is 14.4 Å². The Kier molecular flexibility index (Phi) is 16.9. The van der Waals surface area contributed by atoms with Crippen LogP contribution in [0, 0.1) is 0 Å². The van der Waals surface area contributed by atoms with Gasteiger partial charge < -0.3 is 14.4 Å². The molecule has 0 fully saturated rings. The molecule has 0 radical (unpaired) electrons. The summed E-state index contributed by atoms with van der Waals surface area (Å²) in [5, 5.41) is 10.1. The molecule has 162 valence electrons. The third-order valence-electron chi connectivity index (χ3n) is 5.86. The molecule has 0 aliphatic carbocycles. The summed E-state index contributed by atoms with van der Waals surface area (Å²) >= 11 is 0. The van der Waals surface area contributed by atoms with Crippen LogP contribution in [0.5, 0.6) is 0 Å². The molecule has 0 bridgehead atoms. The summed E-state index contributed by atoms with van der Waals surface area (Å²) in [6.45, 7) is 13.9. The second-order valence-electron chi connectivity index (χ2n) is 7.88. The number of hydrogen-bond acceptors (Lipinski definition) is 2. The zero-order valence-corrected chi connectivity index (χ0v) is 19.0. The van der Waals surface area contributed by atoms with Crippen molar-refractivity contribution in [2.45, 2.75) is 98.4 Å². The minimum atomic E-state index is -0.909. The Balaban J connectivity index is 0.000000521. The van der Waals surface area contributed by atoms with E-state index in [2.05, 4.69) is 58.0 Å². The molecule has 0 atom stereocenters. The molecular weight excluding hydrogens is 346 g/mol. The first-order chi connectivity index (χ1) is 13.5. The fourth-order valence-corrected chi connectivity index (χ4v) is 3.56. The molecule has 0 saturated heterocycles. The number of carbonyl (C=O) groups is 1. The van der Waals surface area contributed by atoms with E-state index in [1.165, 1.54) is 81.2 Å². The Morgan fingerprint density at radius 1 is 0.750 bits per heavy atom. The van der Waals surface area contributed by atoms with E-state index in [4.69, 9.17) is 0 Å². The van der Waals surface area contributed by atoms with Crippen LogP contribution in [0.2, 0.25) is 0 Å². The fourth-order valence-electron chi connectivity index (χ4n) is 3.56. The van der Waals surface area contributed by atoms with Gasteiger partial charge >= 0.3 is 0 Å². The molecule has 1 aromatic rings. The summed E-state index contributed by atoms with van der Waals surface area (Å²) in [5.74, 6) is -0.909. The zero-order chi connectivity index (χ0) is 21.1. The number of nitrogens with zero attached hydrogens (tertiary/aromatic N) is 1. The monoisotopic (exact) mass is 391 g/mol. The number of unbranched alkanes of at least 4 members (excludes halogenated alkanes) is 8. The molecule has 0 heterocycles. The van der Waals surface area contributed by atoms with Crippen LogP contribution in [-0.2, 0) is 11.3 Å². The normalized spacial score (nSPS) is 11.0. The Morgan fingerprint density at radius 2 is 1.21 bits per heavy atom. The van der Waals surface area contributed by atoms with Gasteiger partial charge in [0.05, 0.1) is 19.6 Å². The average Bonchev–Trinajstić information content (AvgIpc) is 2.72. The lowest BCUT2D eigenvalue weighted by molar-refractivity contribution is -0.936. The molecule has 1 rings (SSSR count). The maximum atomic E-state index is 10.1. The predicted octanol–water partition coefficient (Wildman–Crippen LogP) is 5.72. The van der Waals surface area contributed by atoms with Crippen LogP contribution < -0.4 is 5.11 Å². The first kappa shape index (κ1) is 26.6. The lowest BCUT2D eigenvalue weighted by Gasteiger charge is -2.35. The van der Waals surface area contributed by atoms with Crippen LogP contribution in [0.1, 0.15) is 97.5 Å². The van der Waals surface area contributed by atoms with Crippen molar-refractivity contribution in [1.82, 2.24) is 0 Å². The van der Waals surface area contributed by atoms with E-state index in [-0.39, 0.29) is 6.42 Å². The van der Waals surface area contributed by atoms with Crippen molar-refractivity contribution in [2.75, 3.05) is 19.6 Å². The Morgan fingerprint density at radius 3 is 1.64 bits per heavy atom. The van der Waals surface area contributed by atoms with E-state index < -0.39 is 5.97 Å². The number of rotatable bonds is 15. The number of benzene rings is 1. The molecule has 28 heavy (non-hydrogen) atoms. The molecule has 0 saturated carbocycles. The van der Waals surface area contributed by atoms with Crippen molar-refractivity contribution in [1.29, 1.82) is 0 Å². The molecule has 0 unspecified atom stereocenters. The van der Waals surface area contributed by atoms with Crippen LogP contribution in [0.4, 0.5) is 0 Å². The molecule has 0 aliphatic heterocycles. The number of carbonyl (C=O) groups excluding carboxylic acids is 1. The summed E-state index contributed by atoms with van der Waals surface area (Å²) in [6.07, 6.45) is 11.2. The van der Waals surface area contributed by atoms with Crippen molar-refractivity contribution >= 4 is 5.97 Å². The second kappa shape index (κ2) is 17.7. The Bertz CT molecular complexity index is 460. The van der Waals surface area contributed by atoms with Crippen molar-refractivity contribution in [3.8, 4) is 0 Å². The molecule has 0 aromatic heterocycles. The Hall–Kier alpha value is -1.35. The lowest BCUT2D eigenvalue weighted by Crippen LogP contribution is -2.46. The van der Waals surface area contributed by atoms with Crippen molar-refractivity contribution in [3.05, 3.63) is 35.9 Å². The topological polar surface area (TPSA) is 40.1 Å². The fraction of sp³-hybridized carbons (Fsp3) is 0.720. The van der Waals surface area contributed by atoms with Gasteiger partial charge in [-0.2, -0.15) is 0 Å². The number of quaternary nitrogens is 1. The largest absolute Gasteiger partial charge is 0.550 e. The van der Waals surface area contributed by atoms with Crippen molar-refractivity contribution in [2.24, 2.45) is 0 Å². The maximum absolute atomic E-state index is 10.1. The van der Waals surface area contributed by atoms with Gasteiger partial charge in [0.25, 0.3) is 0 Å². The van der Waals surface area contributed by atoms with Gasteiger partial charge in [0.15, 0.2) is 0 Å². The zero-order valence-electron chi connectivity index (χ0n) is 19.0. The van der Waals surface area contributed by atoms with Crippen LogP contribution >= 0.6 is 0 Å². The van der Waals surface area contributed by atoms with E-state index >= 15 is 0 Å². The van der Waals surface area contributed by atoms with E-state index in [0.29, 0.717) is 0 Å². The van der Waals surface area contributed by atoms with E-state index in [1.807, 2.05) is 0 Å². The van der Waals surface area contributed by atoms with E-state index in [9.17, 15) is 9.90 Å². The van der Waals surface area contributed by atoms with E-state index in [0.717, 1.165) is 12.8 Å². The minimum Gasteiger partial charge on any atom is -0.550 e. The van der Waals surface area contributed by atoms with Gasteiger partial charge in [-0.05, 0) is 33.6 Å². The first-order valence-electron chi connectivity index (χ1n) is 11.6. The average molecular weight is 392 g/mol. The predicted molar refractivity (Wildman–Crippen MR) is 119 cm³/mol. The highest BCUT2D eigenvalue weighted by molar-refractivity contribution is 5.64. The summed E-state index contributed by atoms with van der Waals surface area (Å²) in [4.78, 5) is 10.1. The van der Waals surface area contributed by atoms with Crippen LogP contribution in [0.15, 0.2) is 30.3 Å². The first-order valence-corrected chi connectivity index (χ1v) is 11.6. The Labute approximate surface area is 174 Å².